The van der Waals surface area contributed by atoms with E-state index >= 15 is 0 Å². The molecule has 0 aromatic heterocycles. The van der Waals surface area contributed by atoms with Crippen molar-refractivity contribution in [3.05, 3.63) is 65.2 Å². The lowest BCUT2D eigenvalue weighted by Crippen LogP contribution is -2.38. The molecule has 3 N–H and O–H groups in total. The molecule has 0 fully saturated rings. The zero-order chi connectivity index (χ0) is 21.1. The van der Waals surface area contributed by atoms with Crippen LogP contribution < -0.4 is 10.6 Å². The number of nitrogens with one attached hydrogen (secondary N) is 2. The first-order valence-electron chi connectivity index (χ1n) is 10.1. The number of aliphatic imine (C=N–C) groups is 1. The fourth-order valence-corrected chi connectivity index (χ4v) is 2.92. The number of amides is 1. The number of aryl methyl sites for hydroxylation is 1. The number of carbonyl (C=O) groups is 1. The van der Waals surface area contributed by atoms with Crippen LogP contribution in [0.4, 0.5) is 0 Å². The monoisotopic (exact) mass is 524 g/mol. The maximum absolute atomic E-state index is 12.1. The Balaban J connectivity index is 0.00000450. The minimum Gasteiger partial charge on any atom is -0.508 e. The molecule has 1 amide bonds. The normalized spacial score (nSPS) is 10.8. The van der Waals surface area contributed by atoms with Gasteiger partial charge in [-0.15, -0.1) is 24.0 Å². The Morgan fingerprint density at radius 3 is 2.43 bits per heavy atom. The average Bonchev–Trinajstić information content (AvgIpc) is 2.72. The van der Waals surface area contributed by atoms with Crippen LogP contribution in [0.15, 0.2) is 53.5 Å². The summed E-state index contributed by atoms with van der Waals surface area (Å²) in [6.45, 7) is 4.31. The van der Waals surface area contributed by atoms with Gasteiger partial charge >= 0.3 is 0 Å². The van der Waals surface area contributed by atoms with Crippen molar-refractivity contribution in [2.24, 2.45) is 4.99 Å². The van der Waals surface area contributed by atoms with Crippen molar-refractivity contribution in [2.75, 3.05) is 33.7 Å². The fraction of sp³-hybridized carbons (Fsp3) is 0.391. The van der Waals surface area contributed by atoms with E-state index in [9.17, 15) is 9.90 Å². The molecule has 7 heteroatoms. The van der Waals surface area contributed by atoms with Gasteiger partial charge in [-0.1, -0.05) is 24.3 Å². The van der Waals surface area contributed by atoms with Gasteiger partial charge in [-0.3, -0.25) is 9.79 Å². The zero-order valence-corrected chi connectivity index (χ0v) is 20.3. The number of benzene rings is 2. The number of nitrogens with zero attached hydrogens (tertiary/aromatic N) is 2. The molecule has 0 radical (unpaired) electrons. The smallest absolute Gasteiger partial charge is 0.253 e. The molecule has 6 nitrogen and oxygen atoms in total. The molecule has 164 valence electrons. The Morgan fingerprint density at radius 1 is 1.03 bits per heavy atom. The Labute approximate surface area is 196 Å². The van der Waals surface area contributed by atoms with Crippen LogP contribution in [0, 0.1) is 0 Å². The van der Waals surface area contributed by atoms with Gasteiger partial charge in [0.2, 0.25) is 0 Å². The molecular formula is C23H33IN4O2. The molecule has 2 rings (SSSR count). The lowest BCUT2D eigenvalue weighted by Gasteiger charge is -2.13. The molecule has 0 atom stereocenters. The number of halogens is 1. The van der Waals surface area contributed by atoms with Crippen molar-refractivity contribution in [3.63, 3.8) is 0 Å². The Kier molecular flexibility index (Phi) is 11.9. The second kappa shape index (κ2) is 13.8. The van der Waals surface area contributed by atoms with Crippen LogP contribution in [-0.4, -0.2) is 55.6 Å². The van der Waals surface area contributed by atoms with E-state index in [0.29, 0.717) is 11.3 Å². The number of rotatable bonds is 9. The summed E-state index contributed by atoms with van der Waals surface area (Å²) in [6.07, 6.45) is 2.68. The third-order valence-corrected chi connectivity index (χ3v) is 4.46. The van der Waals surface area contributed by atoms with Crippen LogP contribution in [0.25, 0.3) is 0 Å². The minimum atomic E-state index is 0. The minimum absolute atomic E-state index is 0. The lowest BCUT2D eigenvalue weighted by molar-refractivity contribution is 0.0827. The van der Waals surface area contributed by atoms with Gasteiger partial charge in [-0.2, -0.15) is 0 Å². The first-order valence-corrected chi connectivity index (χ1v) is 10.1. The maximum Gasteiger partial charge on any atom is 0.253 e. The Morgan fingerprint density at radius 2 is 1.77 bits per heavy atom. The summed E-state index contributed by atoms with van der Waals surface area (Å²) in [6, 6.07) is 15.1. The van der Waals surface area contributed by atoms with Gasteiger partial charge in [0.05, 0.1) is 0 Å². The average molecular weight is 524 g/mol. The quantitative estimate of drug-likeness (QED) is 0.203. The molecule has 0 saturated heterocycles. The zero-order valence-electron chi connectivity index (χ0n) is 18.0. The molecule has 0 aliphatic heterocycles. The summed E-state index contributed by atoms with van der Waals surface area (Å²) in [5.74, 6) is 1.11. The third kappa shape index (κ3) is 9.02. The number of guanidine groups is 1. The molecule has 0 heterocycles. The van der Waals surface area contributed by atoms with Crippen molar-refractivity contribution in [2.45, 2.75) is 26.2 Å². The van der Waals surface area contributed by atoms with Crippen molar-refractivity contribution in [3.8, 4) is 5.75 Å². The second-order valence-corrected chi connectivity index (χ2v) is 7.11. The van der Waals surface area contributed by atoms with Gasteiger partial charge < -0.3 is 20.6 Å². The van der Waals surface area contributed by atoms with E-state index in [0.717, 1.165) is 50.4 Å². The molecule has 0 aliphatic rings. The topological polar surface area (TPSA) is 77.0 Å². The standard InChI is InChI=1S/C23H32N4O2.HI/c1-4-24-23(25-15-6-8-18-10-12-21(28)13-11-18)26-16-14-19-7-5-9-20(17-19)22(29)27(2)3;/h5,7,9-13,17,28H,4,6,8,14-16H2,1-3H3,(H2,24,25,26);1H. The van der Waals surface area contributed by atoms with Crippen molar-refractivity contribution < 1.29 is 9.90 Å². The first-order chi connectivity index (χ1) is 14.0. The van der Waals surface area contributed by atoms with E-state index in [1.807, 2.05) is 43.3 Å². The van der Waals surface area contributed by atoms with Crippen LogP contribution in [0.2, 0.25) is 0 Å². The maximum atomic E-state index is 12.1. The van der Waals surface area contributed by atoms with Crippen molar-refractivity contribution in [1.82, 2.24) is 15.5 Å². The number of phenols is 1. The van der Waals surface area contributed by atoms with Gasteiger partial charge in [0.15, 0.2) is 5.96 Å². The van der Waals surface area contributed by atoms with Gasteiger partial charge in [0, 0.05) is 39.3 Å². The highest BCUT2D eigenvalue weighted by molar-refractivity contribution is 14.0. The van der Waals surface area contributed by atoms with E-state index in [1.54, 1.807) is 31.1 Å². The molecule has 0 saturated carbocycles. The van der Waals surface area contributed by atoms with Crippen molar-refractivity contribution >= 4 is 35.8 Å². The molecule has 0 spiro atoms. The van der Waals surface area contributed by atoms with Gasteiger partial charge in [0.1, 0.15) is 5.75 Å². The second-order valence-electron chi connectivity index (χ2n) is 7.11. The van der Waals surface area contributed by atoms with Crippen LogP contribution in [0.1, 0.15) is 34.8 Å². The Hall–Kier alpha value is -2.29. The number of carbonyl (C=O) groups excluding carboxylic acids is 1. The highest BCUT2D eigenvalue weighted by Crippen LogP contribution is 2.11. The summed E-state index contributed by atoms with van der Waals surface area (Å²) in [4.78, 5) is 18.3. The summed E-state index contributed by atoms with van der Waals surface area (Å²) >= 11 is 0. The van der Waals surface area contributed by atoms with Crippen LogP contribution in [0.3, 0.4) is 0 Å². The number of hydrogen-bond donors (Lipinski definition) is 3. The molecule has 2 aromatic carbocycles. The number of hydrogen-bond acceptors (Lipinski definition) is 3. The molecule has 0 aliphatic carbocycles. The van der Waals surface area contributed by atoms with Gasteiger partial charge in [-0.25, -0.2) is 0 Å². The van der Waals surface area contributed by atoms with E-state index in [-0.39, 0.29) is 29.9 Å². The van der Waals surface area contributed by atoms with Crippen LogP contribution >= 0.6 is 24.0 Å². The Bertz CT molecular complexity index is 807. The van der Waals surface area contributed by atoms with E-state index in [1.165, 1.54) is 5.56 Å². The fourth-order valence-electron chi connectivity index (χ4n) is 2.92. The van der Waals surface area contributed by atoms with E-state index < -0.39 is 0 Å². The predicted molar refractivity (Wildman–Crippen MR) is 134 cm³/mol. The highest BCUT2D eigenvalue weighted by Gasteiger charge is 2.08. The SMILES string of the molecule is CCNC(=NCCCc1ccc(O)cc1)NCCc1cccc(C(=O)N(C)C)c1.I. The molecule has 0 bridgehead atoms. The van der Waals surface area contributed by atoms with Crippen LogP contribution in [0.5, 0.6) is 5.75 Å². The summed E-state index contributed by atoms with van der Waals surface area (Å²) < 4.78 is 0. The highest BCUT2D eigenvalue weighted by atomic mass is 127. The first kappa shape index (κ1) is 25.7. The summed E-state index contributed by atoms with van der Waals surface area (Å²) in [7, 11) is 3.52. The predicted octanol–water partition coefficient (Wildman–Crippen LogP) is 3.44. The molecular weight excluding hydrogens is 491 g/mol. The summed E-state index contributed by atoms with van der Waals surface area (Å²) in [5, 5.41) is 16.0. The largest absolute Gasteiger partial charge is 0.508 e. The molecule has 0 unspecified atom stereocenters. The van der Waals surface area contributed by atoms with Crippen molar-refractivity contribution in [1.29, 1.82) is 0 Å². The van der Waals surface area contributed by atoms with Crippen LogP contribution in [-0.2, 0) is 12.8 Å². The molecule has 2 aromatic rings. The number of aromatic hydroxyl groups is 1. The summed E-state index contributed by atoms with van der Waals surface area (Å²) in [5.41, 5.74) is 3.03. The van der Waals surface area contributed by atoms with E-state index in [2.05, 4.69) is 15.6 Å². The lowest BCUT2D eigenvalue weighted by atomic mass is 10.1. The molecule has 30 heavy (non-hydrogen) atoms. The van der Waals surface area contributed by atoms with Gasteiger partial charge in [-0.05, 0) is 61.6 Å². The third-order valence-electron chi connectivity index (χ3n) is 4.46. The van der Waals surface area contributed by atoms with E-state index in [4.69, 9.17) is 0 Å². The van der Waals surface area contributed by atoms with Gasteiger partial charge in [0.25, 0.3) is 5.91 Å². The number of phenolic OH excluding ortho intramolecular Hbond substituents is 1.